The van der Waals surface area contributed by atoms with E-state index in [0.717, 1.165) is 25.0 Å². The van der Waals surface area contributed by atoms with Gasteiger partial charge in [-0.1, -0.05) is 18.6 Å². The Labute approximate surface area is 191 Å². The maximum atomic E-state index is 12.3. The predicted octanol–water partition coefficient (Wildman–Crippen LogP) is 2.00. The number of fused-ring (bicyclic) bond motifs is 1. The molecule has 3 unspecified atom stereocenters. The van der Waals surface area contributed by atoms with Crippen molar-refractivity contribution in [3.8, 4) is 5.75 Å². The van der Waals surface area contributed by atoms with E-state index in [4.69, 9.17) is 9.47 Å². The van der Waals surface area contributed by atoms with E-state index in [-0.39, 0.29) is 47.9 Å². The second-order valence-electron chi connectivity index (χ2n) is 7.79. The summed E-state index contributed by atoms with van der Waals surface area (Å²) in [4.78, 5) is 46.7. The normalized spacial score (nSPS) is 21.3. The van der Waals surface area contributed by atoms with Crippen molar-refractivity contribution >= 4 is 35.6 Å². The van der Waals surface area contributed by atoms with Crippen molar-refractivity contribution in [3.63, 3.8) is 0 Å². The van der Waals surface area contributed by atoms with Gasteiger partial charge in [0, 0.05) is 30.9 Å². The van der Waals surface area contributed by atoms with Gasteiger partial charge in [0.2, 0.25) is 0 Å². The zero-order valence-electron chi connectivity index (χ0n) is 18.1. The van der Waals surface area contributed by atoms with Crippen molar-refractivity contribution in [2.45, 2.75) is 56.4 Å². The third kappa shape index (κ3) is 6.88. The summed E-state index contributed by atoms with van der Waals surface area (Å²) in [6, 6.07) is 6.83. The molecule has 3 amide bonds. The van der Waals surface area contributed by atoms with Gasteiger partial charge in [-0.05, 0) is 31.4 Å². The molecule has 174 valence electrons. The highest BCUT2D eigenvalue weighted by Crippen LogP contribution is 2.33. The number of benzene rings is 1. The Hall–Kier alpha value is -2.75. The Morgan fingerprint density at radius 1 is 1.16 bits per heavy atom. The lowest BCUT2D eigenvalue weighted by Crippen LogP contribution is -2.36. The van der Waals surface area contributed by atoms with Crippen LogP contribution in [-0.4, -0.2) is 60.1 Å². The van der Waals surface area contributed by atoms with Crippen LogP contribution in [0.1, 0.15) is 49.4 Å². The van der Waals surface area contributed by atoms with Crippen LogP contribution in [0.2, 0.25) is 0 Å². The van der Waals surface area contributed by atoms with Crippen molar-refractivity contribution < 1.29 is 28.7 Å². The molecule has 10 heteroatoms. The average Bonchev–Trinajstić information content (AvgIpc) is 3.30. The van der Waals surface area contributed by atoms with Gasteiger partial charge in [-0.2, -0.15) is 11.8 Å². The molecule has 0 bridgehead atoms. The molecule has 0 aliphatic carbocycles. The molecule has 2 heterocycles. The number of nitrogens with one attached hydrogen (secondary N) is 3. The van der Waals surface area contributed by atoms with Gasteiger partial charge in [0.05, 0.1) is 24.3 Å². The zero-order valence-corrected chi connectivity index (χ0v) is 18.9. The molecule has 0 saturated carbocycles. The van der Waals surface area contributed by atoms with Crippen LogP contribution in [0.15, 0.2) is 24.3 Å². The summed E-state index contributed by atoms with van der Waals surface area (Å²) < 4.78 is 10.3. The summed E-state index contributed by atoms with van der Waals surface area (Å²) in [5.41, 5.74) is 0.277. The first kappa shape index (κ1) is 23.9. The molecule has 9 nitrogen and oxygen atoms in total. The highest BCUT2D eigenvalue weighted by molar-refractivity contribution is 8.00. The van der Waals surface area contributed by atoms with Crippen molar-refractivity contribution in [2.24, 2.45) is 0 Å². The average molecular weight is 464 g/mol. The van der Waals surface area contributed by atoms with Crippen LogP contribution in [0.4, 0.5) is 4.79 Å². The maximum Gasteiger partial charge on any atom is 0.315 e. The number of ether oxygens (including phenoxy) is 2. The number of amides is 3. The highest BCUT2D eigenvalue weighted by atomic mass is 32.2. The molecular formula is C22H29N3O6S. The predicted molar refractivity (Wildman–Crippen MR) is 120 cm³/mol. The second-order valence-corrected chi connectivity index (χ2v) is 9.06. The number of urea groups is 1. The van der Waals surface area contributed by atoms with Crippen molar-refractivity contribution in [1.82, 2.24) is 16.0 Å². The Morgan fingerprint density at radius 3 is 2.78 bits per heavy atom. The van der Waals surface area contributed by atoms with Crippen molar-refractivity contribution in [3.05, 3.63) is 29.8 Å². The van der Waals surface area contributed by atoms with Gasteiger partial charge in [0.1, 0.15) is 5.75 Å². The largest absolute Gasteiger partial charge is 0.466 e. The molecule has 1 aromatic carbocycles. The number of thioether (sulfide) groups is 1. The van der Waals surface area contributed by atoms with E-state index < -0.39 is 5.97 Å². The van der Waals surface area contributed by atoms with E-state index in [2.05, 4.69) is 16.0 Å². The number of esters is 2. The Morgan fingerprint density at radius 2 is 1.97 bits per heavy atom. The lowest BCUT2D eigenvalue weighted by Gasteiger charge is -2.16. The monoisotopic (exact) mass is 463 g/mol. The van der Waals surface area contributed by atoms with Gasteiger partial charge in [0.25, 0.3) is 5.91 Å². The zero-order chi connectivity index (χ0) is 22.9. The van der Waals surface area contributed by atoms with E-state index in [1.807, 2.05) is 11.8 Å². The summed E-state index contributed by atoms with van der Waals surface area (Å²) in [5, 5.41) is 9.02. The van der Waals surface area contributed by atoms with Gasteiger partial charge >= 0.3 is 18.0 Å². The fourth-order valence-electron chi connectivity index (χ4n) is 3.78. The van der Waals surface area contributed by atoms with Crippen LogP contribution in [0.25, 0.3) is 0 Å². The molecule has 3 N–H and O–H groups in total. The van der Waals surface area contributed by atoms with Crippen LogP contribution in [-0.2, 0) is 14.3 Å². The first-order valence-electron chi connectivity index (χ1n) is 10.8. The highest BCUT2D eigenvalue weighted by Gasteiger charge is 2.42. The standard InChI is InChI=1S/C22H29N3O6S/c1-14(26)31-17-8-3-2-7-15(17)21(28)23-11-6-12-30-19(27)10-5-4-9-18-20-16(13-32-18)24-22(29)25-20/h2-3,7-8,16,18,20H,4-6,9-13H2,1H3,(H,23,28)(H2,24,25,29). The van der Waals surface area contributed by atoms with E-state index in [0.29, 0.717) is 24.6 Å². The molecule has 2 saturated heterocycles. The summed E-state index contributed by atoms with van der Waals surface area (Å²) in [5.74, 6) is 0.0491. The van der Waals surface area contributed by atoms with E-state index in [9.17, 15) is 19.2 Å². The van der Waals surface area contributed by atoms with Gasteiger partial charge in [-0.25, -0.2) is 4.79 Å². The van der Waals surface area contributed by atoms with Crippen molar-refractivity contribution in [1.29, 1.82) is 0 Å². The topological polar surface area (TPSA) is 123 Å². The first-order chi connectivity index (χ1) is 15.4. The lowest BCUT2D eigenvalue weighted by atomic mass is 10.0. The minimum Gasteiger partial charge on any atom is -0.466 e. The molecule has 2 fully saturated rings. The molecule has 1 aromatic rings. The smallest absolute Gasteiger partial charge is 0.315 e. The number of rotatable bonds is 11. The summed E-state index contributed by atoms with van der Waals surface area (Å²) in [7, 11) is 0. The molecule has 0 aromatic heterocycles. The van der Waals surface area contributed by atoms with E-state index >= 15 is 0 Å². The van der Waals surface area contributed by atoms with Crippen molar-refractivity contribution in [2.75, 3.05) is 18.9 Å². The molecule has 2 aliphatic heterocycles. The van der Waals surface area contributed by atoms with Crippen LogP contribution in [0.3, 0.4) is 0 Å². The third-order valence-electron chi connectivity index (χ3n) is 5.31. The molecule has 32 heavy (non-hydrogen) atoms. The summed E-state index contributed by atoms with van der Waals surface area (Å²) >= 11 is 1.87. The molecular weight excluding hydrogens is 434 g/mol. The minimum absolute atomic E-state index is 0.0846. The number of hydrogen-bond donors (Lipinski definition) is 3. The number of hydrogen-bond acceptors (Lipinski definition) is 7. The maximum absolute atomic E-state index is 12.3. The van der Waals surface area contributed by atoms with E-state index in [1.165, 1.54) is 6.92 Å². The fourth-order valence-corrected chi connectivity index (χ4v) is 5.33. The molecule has 2 aliphatic rings. The second kappa shape index (κ2) is 11.8. The molecule has 0 spiro atoms. The van der Waals surface area contributed by atoms with Crippen LogP contribution >= 0.6 is 11.8 Å². The summed E-state index contributed by atoms with van der Waals surface area (Å²) in [6.07, 6.45) is 3.46. The number of carbonyl (C=O) groups is 4. The van der Waals surface area contributed by atoms with E-state index in [1.54, 1.807) is 24.3 Å². The minimum atomic E-state index is -0.495. The molecule has 3 atom stereocenters. The van der Waals surface area contributed by atoms with Gasteiger partial charge in [0.15, 0.2) is 0 Å². The van der Waals surface area contributed by atoms with Gasteiger partial charge < -0.3 is 25.4 Å². The van der Waals surface area contributed by atoms with Gasteiger partial charge in [-0.15, -0.1) is 0 Å². The number of carbonyl (C=O) groups excluding carboxylic acids is 4. The Balaban J connectivity index is 1.24. The SMILES string of the molecule is CC(=O)Oc1ccccc1C(=O)NCCCOC(=O)CCCCC1SCC2NC(=O)NC21. The fraction of sp³-hybridized carbons (Fsp3) is 0.545. The van der Waals surface area contributed by atoms with Crippen LogP contribution < -0.4 is 20.7 Å². The molecule has 0 radical (unpaired) electrons. The molecule has 3 rings (SSSR count). The lowest BCUT2D eigenvalue weighted by molar-refractivity contribution is -0.143. The van der Waals surface area contributed by atoms with Crippen LogP contribution in [0.5, 0.6) is 5.75 Å². The third-order valence-corrected chi connectivity index (χ3v) is 6.82. The van der Waals surface area contributed by atoms with Crippen LogP contribution in [0, 0.1) is 0 Å². The Bertz CT molecular complexity index is 849. The van der Waals surface area contributed by atoms with Gasteiger partial charge in [-0.3, -0.25) is 14.4 Å². The summed E-state index contributed by atoms with van der Waals surface area (Å²) in [6.45, 7) is 1.84. The first-order valence-corrected chi connectivity index (χ1v) is 11.9. The quantitative estimate of drug-likeness (QED) is 0.199. The number of para-hydroxylation sites is 1. The number of unbranched alkanes of at least 4 members (excludes halogenated alkanes) is 1. The Kier molecular flexibility index (Phi) is 8.78.